The molecular weight excluding hydrogens is 1320 g/mol. The number of aliphatic carboxylic acids is 1. The molecule has 41 nitrogen and oxygen atoms in total. The maximum Gasteiger partial charge on any atom is 0.326 e. The molecule has 2 rings (SSSR count). The topological polar surface area (TPSA) is 695 Å². The number of nitrogens with one attached hydrogen (secondary N) is 10. The summed E-state index contributed by atoms with van der Waals surface area (Å²) in [7, 11) is 0. The SMILES string of the molecule is CC(C)C[C@H](NC(=O)CNC(=O)[C@@H]1CCCN1C(=O)[C@@H]1CCCN1C(=O)CNC(=O)[C@H](CO)NC(=O)[C@@H](N)CCCN=C(N)N)C(=O)N[C@@H](CCC(N)=O)C(=O)NCC(=O)N[C@@H](CCCN=C(N)N)C(=O)N[C@@H](CC(C)C)C(=O)N[C@@H](CCC(N)=O)C(=O)N[C@@H](CCCN=C(N)N)C(=O)O. The number of carbonyl (C=O) groups is 15. The van der Waals surface area contributed by atoms with Crippen molar-refractivity contribution in [3.8, 4) is 0 Å². The number of carboxylic acid groups (broad SMARTS) is 1. The lowest BCUT2D eigenvalue weighted by Crippen LogP contribution is -2.58. The Balaban J connectivity index is 2.19. The van der Waals surface area contributed by atoms with Crippen LogP contribution in [-0.4, -0.2) is 246 Å². The van der Waals surface area contributed by atoms with Gasteiger partial charge in [0.2, 0.25) is 82.7 Å². The molecule has 2 saturated heterocycles. The number of likely N-dealkylation sites (tertiary alicyclic amines) is 2. The smallest absolute Gasteiger partial charge is 0.326 e. The standard InChI is InChI=1S/C59H104N24O17/c1-30(2)24-37(76-45(88)27-73-54(97)40-13-8-23-83(40)55(98)41-14-9-22-82(41)46(89)28-74-49(92)39(29-84)81-47(90)32(60)10-5-19-69-57(63)64)52(95)77-34(15-17-42(61)85)48(91)72-26-44(87)75-33(11-6-20-70-58(65)66)50(93)80-38(25-31(3)4)53(96)78-35(16-18-43(62)86)51(94)79-36(56(99)100)12-7-21-71-59(67)68/h30-41,84H,5-29,60H2,1-4H3,(H2,61,85)(H2,62,86)(H,72,91)(H,73,97)(H,74,92)(H,75,87)(H,76,88)(H,77,95)(H,78,96)(H,79,94)(H,80,93)(H,81,90)(H,99,100)(H4,63,64,69)(H4,65,66,70)(H4,67,68,71)/t32-,33-,34-,35-,36-,37-,38-,39-,40-,41-/m0/s1. The highest BCUT2D eigenvalue weighted by molar-refractivity contribution is 5.99. The van der Waals surface area contributed by atoms with E-state index in [-0.39, 0.29) is 127 Å². The van der Waals surface area contributed by atoms with Crippen LogP contribution in [0, 0.1) is 11.8 Å². The molecule has 2 heterocycles. The van der Waals surface area contributed by atoms with Crippen molar-refractivity contribution in [2.45, 2.75) is 191 Å². The molecule has 10 atom stereocenters. The van der Waals surface area contributed by atoms with Crippen LogP contribution in [-0.2, 0) is 71.9 Å². The Labute approximate surface area is 578 Å². The highest BCUT2D eigenvalue weighted by atomic mass is 16.4. The molecule has 0 radical (unpaired) electrons. The van der Waals surface area contributed by atoms with Crippen molar-refractivity contribution in [3.63, 3.8) is 0 Å². The number of primary amides is 2. The number of hydrogen-bond donors (Lipinski definition) is 21. The lowest BCUT2D eigenvalue weighted by Gasteiger charge is -2.31. The second kappa shape index (κ2) is 44.6. The molecule has 41 heteroatoms. The zero-order chi connectivity index (χ0) is 75.3. The number of carboxylic acids is 1. The zero-order valence-corrected chi connectivity index (χ0v) is 57.1. The van der Waals surface area contributed by atoms with E-state index in [2.05, 4.69) is 68.1 Å². The lowest BCUT2D eigenvalue weighted by atomic mass is 10.0. The zero-order valence-electron chi connectivity index (χ0n) is 57.1. The van der Waals surface area contributed by atoms with Gasteiger partial charge in [0.25, 0.3) is 0 Å². The van der Waals surface area contributed by atoms with E-state index in [1.807, 2.05) is 0 Å². The number of aliphatic hydroxyl groups excluding tert-OH is 1. The van der Waals surface area contributed by atoms with Crippen LogP contribution < -0.4 is 105 Å². The normalized spacial score (nSPS) is 16.4. The second-order valence-corrected chi connectivity index (χ2v) is 24.9. The number of aliphatic imine (C=N–C) groups is 3. The highest BCUT2D eigenvalue weighted by Crippen LogP contribution is 2.25. The Bertz CT molecular complexity index is 2940. The van der Waals surface area contributed by atoms with Crippen LogP contribution in [0.3, 0.4) is 0 Å². The van der Waals surface area contributed by atoms with Crippen LogP contribution in [0.4, 0.5) is 0 Å². The number of aliphatic hydroxyl groups is 1. The van der Waals surface area contributed by atoms with Crippen LogP contribution in [0.2, 0.25) is 0 Å². The van der Waals surface area contributed by atoms with E-state index in [9.17, 15) is 82.1 Å². The number of carbonyl (C=O) groups excluding carboxylic acids is 14. The number of nitrogens with zero attached hydrogens (tertiary/aromatic N) is 5. The summed E-state index contributed by atoms with van der Waals surface area (Å²) in [6, 6.07) is -13.4. The summed E-state index contributed by atoms with van der Waals surface area (Å²) in [6.07, 6.45) is -0.126. The molecule has 2 fully saturated rings. The van der Waals surface area contributed by atoms with Gasteiger partial charge < -0.3 is 125 Å². The van der Waals surface area contributed by atoms with Gasteiger partial charge in [-0.05, 0) is 102 Å². The molecule has 562 valence electrons. The van der Waals surface area contributed by atoms with Gasteiger partial charge in [0.15, 0.2) is 17.9 Å². The van der Waals surface area contributed by atoms with Crippen LogP contribution in [0.15, 0.2) is 15.0 Å². The van der Waals surface area contributed by atoms with Crippen LogP contribution in [0.1, 0.15) is 130 Å². The van der Waals surface area contributed by atoms with Crippen molar-refractivity contribution >= 4 is 107 Å². The van der Waals surface area contributed by atoms with E-state index < -0.39 is 195 Å². The summed E-state index contributed by atoms with van der Waals surface area (Å²) in [5, 5.41) is 44.1. The molecule has 14 amide bonds. The molecule has 0 saturated carbocycles. The minimum atomic E-state index is -1.56. The quantitative estimate of drug-likeness (QED) is 0.0153. The van der Waals surface area contributed by atoms with Crippen LogP contribution in [0.25, 0.3) is 0 Å². The van der Waals surface area contributed by atoms with Gasteiger partial charge in [0, 0.05) is 45.6 Å². The predicted molar refractivity (Wildman–Crippen MR) is 360 cm³/mol. The molecule has 0 unspecified atom stereocenters. The van der Waals surface area contributed by atoms with E-state index in [4.69, 9.17) is 51.6 Å². The Hall–Kier alpha value is -10.2. The van der Waals surface area contributed by atoms with E-state index >= 15 is 0 Å². The van der Waals surface area contributed by atoms with Crippen molar-refractivity contribution in [1.29, 1.82) is 0 Å². The summed E-state index contributed by atoms with van der Waals surface area (Å²) >= 11 is 0. The van der Waals surface area contributed by atoms with Gasteiger partial charge in [-0.3, -0.25) is 82.1 Å². The first-order valence-corrected chi connectivity index (χ1v) is 32.9. The van der Waals surface area contributed by atoms with E-state index in [1.165, 1.54) is 9.80 Å². The Morgan fingerprint density at radius 1 is 0.440 bits per heavy atom. The van der Waals surface area contributed by atoms with Gasteiger partial charge >= 0.3 is 5.97 Å². The van der Waals surface area contributed by atoms with E-state index in [1.54, 1.807) is 27.7 Å². The summed E-state index contributed by atoms with van der Waals surface area (Å²) in [6.45, 7) is 4.37. The third kappa shape index (κ3) is 32.9. The number of hydrogen-bond acceptors (Lipinski definition) is 20. The van der Waals surface area contributed by atoms with Crippen LogP contribution >= 0.6 is 0 Å². The van der Waals surface area contributed by atoms with Crippen molar-refractivity contribution in [2.24, 2.45) is 78.4 Å². The molecule has 100 heavy (non-hydrogen) atoms. The predicted octanol–water partition coefficient (Wildman–Crippen LogP) is -10.1. The lowest BCUT2D eigenvalue weighted by molar-refractivity contribution is -0.146. The molecular formula is C59H104N24O17. The Kier molecular flexibility index (Phi) is 38.3. The largest absolute Gasteiger partial charge is 0.480 e. The fourth-order valence-electron chi connectivity index (χ4n) is 10.5. The van der Waals surface area contributed by atoms with Gasteiger partial charge in [-0.1, -0.05) is 27.7 Å². The summed E-state index contributed by atoms with van der Waals surface area (Å²) in [5.41, 5.74) is 48.9. The van der Waals surface area contributed by atoms with Crippen molar-refractivity contribution in [1.82, 2.24) is 63.0 Å². The highest BCUT2D eigenvalue weighted by Gasteiger charge is 2.43. The fourth-order valence-corrected chi connectivity index (χ4v) is 10.5. The van der Waals surface area contributed by atoms with E-state index in [0.717, 1.165) is 0 Å². The summed E-state index contributed by atoms with van der Waals surface area (Å²) in [5.74, 6) is -14.6. The maximum absolute atomic E-state index is 14.1. The molecule has 0 aromatic carbocycles. The maximum atomic E-state index is 14.1. The van der Waals surface area contributed by atoms with Gasteiger partial charge in [-0.25, -0.2) is 4.79 Å². The third-order valence-electron chi connectivity index (χ3n) is 15.6. The average Bonchev–Trinajstić information content (AvgIpc) is 1.64. The first kappa shape index (κ1) is 85.9. The van der Waals surface area contributed by atoms with Gasteiger partial charge in [0.05, 0.1) is 32.3 Å². The summed E-state index contributed by atoms with van der Waals surface area (Å²) in [4.78, 5) is 213. The van der Waals surface area contributed by atoms with Gasteiger partial charge in [-0.2, -0.15) is 0 Å². The molecule has 2 aliphatic heterocycles. The van der Waals surface area contributed by atoms with Crippen LogP contribution in [0.5, 0.6) is 0 Å². The number of amides is 14. The molecule has 0 aromatic heterocycles. The molecule has 0 aliphatic carbocycles. The number of nitrogens with two attached hydrogens (primary N) is 9. The van der Waals surface area contributed by atoms with Crippen molar-refractivity contribution < 1.29 is 82.1 Å². The number of rotatable bonds is 46. The molecule has 0 spiro atoms. The van der Waals surface area contributed by atoms with E-state index in [0.29, 0.717) is 19.3 Å². The average molecular weight is 1420 g/mol. The minimum Gasteiger partial charge on any atom is -0.480 e. The molecule has 2 aliphatic rings. The Morgan fingerprint density at radius 2 is 0.820 bits per heavy atom. The van der Waals surface area contributed by atoms with Gasteiger partial charge in [0.1, 0.15) is 54.4 Å². The third-order valence-corrected chi connectivity index (χ3v) is 15.6. The Morgan fingerprint density at radius 3 is 1.30 bits per heavy atom. The van der Waals surface area contributed by atoms with Crippen molar-refractivity contribution in [3.05, 3.63) is 0 Å². The minimum absolute atomic E-state index is 0.0192. The first-order valence-electron chi connectivity index (χ1n) is 32.9. The fraction of sp³-hybridized carbons (Fsp3) is 0.695. The second-order valence-electron chi connectivity index (χ2n) is 24.9. The molecule has 0 bridgehead atoms. The number of guanidine groups is 3. The first-order chi connectivity index (χ1) is 47.0. The molecule has 0 aromatic rings. The van der Waals surface area contributed by atoms with Gasteiger partial charge in [-0.15, -0.1) is 0 Å². The monoisotopic (exact) mass is 1420 g/mol. The summed E-state index contributed by atoms with van der Waals surface area (Å²) < 4.78 is 0. The molecule has 30 N–H and O–H groups in total. The van der Waals surface area contributed by atoms with Crippen molar-refractivity contribution in [2.75, 3.05) is 59.0 Å².